The molecule has 0 saturated heterocycles. The SMILES string of the molecule is Cc1cc(C(=O)NCCC(C)(C)C(=O)O)cc(Cl)c1Br. The zero-order valence-corrected chi connectivity index (χ0v) is 13.9. The molecule has 0 aromatic heterocycles. The van der Waals surface area contributed by atoms with Gasteiger partial charge in [0.25, 0.3) is 5.91 Å². The van der Waals surface area contributed by atoms with Crippen molar-refractivity contribution >= 4 is 39.4 Å². The van der Waals surface area contributed by atoms with Gasteiger partial charge in [-0.25, -0.2) is 0 Å². The molecule has 0 atom stereocenters. The molecule has 1 rings (SSSR count). The number of hydrogen-bond donors (Lipinski definition) is 2. The van der Waals surface area contributed by atoms with Gasteiger partial charge in [-0.15, -0.1) is 0 Å². The molecule has 110 valence electrons. The number of hydrogen-bond acceptors (Lipinski definition) is 2. The van der Waals surface area contributed by atoms with E-state index in [4.69, 9.17) is 16.7 Å². The summed E-state index contributed by atoms with van der Waals surface area (Å²) in [5, 5.41) is 12.2. The second-order valence-corrected chi connectivity index (χ2v) is 6.48. The van der Waals surface area contributed by atoms with Crippen molar-refractivity contribution in [3.63, 3.8) is 0 Å². The minimum atomic E-state index is -0.880. The lowest BCUT2D eigenvalue weighted by molar-refractivity contribution is -0.147. The van der Waals surface area contributed by atoms with Crippen molar-refractivity contribution < 1.29 is 14.7 Å². The number of carboxylic acid groups (broad SMARTS) is 1. The predicted molar refractivity (Wildman–Crippen MR) is 82.3 cm³/mol. The zero-order valence-electron chi connectivity index (χ0n) is 11.6. The first-order valence-electron chi connectivity index (χ1n) is 6.12. The van der Waals surface area contributed by atoms with Crippen molar-refractivity contribution in [2.75, 3.05) is 6.54 Å². The predicted octanol–water partition coefficient (Wildman–Crippen LogP) is 3.64. The van der Waals surface area contributed by atoms with Crippen LogP contribution in [-0.2, 0) is 4.79 Å². The summed E-state index contributed by atoms with van der Waals surface area (Å²) in [6, 6.07) is 3.31. The van der Waals surface area contributed by atoms with Crippen LogP contribution in [0.3, 0.4) is 0 Å². The molecule has 0 saturated carbocycles. The van der Waals surface area contributed by atoms with Gasteiger partial charge in [0, 0.05) is 16.6 Å². The quantitative estimate of drug-likeness (QED) is 0.840. The molecule has 1 aromatic carbocycles. The summed E-state index contributed by atoms with van der Waals surface area (Å²) in [7, 11) is 0. The van der Waals surface area contributed by atoms with E-state index < -0.39 is 11.4 Å². The van der Waals surface area contributed by atoms with Crippen LogP contribution in [0.15, 0.2) is 16.6 Å². The Morgan fingerprint density at radius 3 is 2.50 bits per heavy atom. The van der Waals surface area contributed by atoms with Crippen LogP contribution >= 0.6 is 27.5 Å². The summed E-state index contributed by atoms with van der Waals surface area (Å²) in [5.41, 5.74) is 0.470. The number of carboxylic acids is 1. The van der Waals surface area contributed by atoms with Gasteiger partial charge in [0.05, 0.1) is 10.4 Å². The third kappa shape index (κ3) is 4.21. The Morgan fingerprint density at radius 2 is 2.00 bits per heavy atom. The van der Waals surface area contributed by atoms with Crippen molar-refractivity contribution in [3.8, 4) is 0 Å². The Bertz CT molecular complexity index is 520. The van der Waals surface area contributed by atoms with Gasteiger partial charge in [-0.05, 0) is 60.8 Å². The fraction of sp³-hybridized carbons (Fsp3) is 0.429. The molecule has 2 N–H and O–H groups in total. The molecule has 6 heteroatoms. The number of amides is 1. The van der Waals surface area contributed by atoms with Crippen LogP contribution in [0.1, 0.15) is 36.2 Å². The highest BCUT2D eigenvalue weighted by atomic mass is 79.9. The number of aliphatic carboxylic acids is 1. The lowest BCUT2D eigenvalue weighted by Crippen LogP contribution is -2.32. The molecule has 0 bridgehead atoms. The van der Waals surface area contributed by atoms with Crippen molar-refractivity contribution in [1.29, 1.82) is 0 Å². The Balaban J connectivity index is 2.67. The smallest absolute Gasteiger partial charge is 0.309 e. The van der Waals surface area contributed by atoms with E-state index >= 15 is 0 Å². The largest absolute Gasteiger partial charge is 0.481 e. The molecule has 0 aliphatic rings. The Kier molecular flexibility index (Phi) is 5.59. The van der Waals surface area contributed by atoms with Gasteiger partial charge in [-0.3, -0.25) is 9.59 Å². The van der Waals surface area contributed by atoms with Crippen LogP contribution in [0.5, 0.6) is 0 Å². The maximum atomic E-state index is 12.0. The highest BCUT2D eigenvalue weighted by Gasteiger charge is 2.26. The summed E-state index contributed by atoms with van der Waals surface area (Å²) in [5.74, 6) is -1.14. The average molecular weight is 363 g/mol. The highest BCUT2D eigenvalue weighted by molar-refractivity contribution is 9.10. The number of rotatable bonds is 5. The number of nitrogens with one attached hydrogen (secondary N) is 1. The second kappa shape index (κ2) is 6.59. The van der Waals surface area contributed by atoms with Gasteiger partial charge in [-0.2, -0.15) is 0 Å². The molecule has 0 aliphatic heterocycles. The molecule has 0 unspecified atom stereocenters. The van der Waals surface area contributed by atoms with E-state index in [-0.39, 0.29) is 5.91 Å². The molecule has 1 aromatic rings. The summed E-state index contributed by atoms with van der Waals surface area (Å²) >= 11 is 9.33. The van der Waals surface area contributed by atoms with Crippen LogP contribution in [0, 0.1) is 12.3 Å². The van der Waals surface area contributed by atoms with E-state index in [1.54, 1.807) is 26.0 Å². The minimum Gasteiger partial charge on any atom is -0.481 e. The van der Waals surface area contributed by atoms with E-state index in [1.807, 2.05) is 6.92 Å². The minimum absolute atomic E-state index is 0.260. The molecular weight excluding hydrogens is 346 g/mol. The van der Waals surface area contributed by atoms with Crippen LogP contribution in [0.25, 0.3) is 0 Å². The van der Waals surface area contributed by atoms with Crippen molar-refractivity contribution in [2.45, 2.75) is 27.2 Å². The van der Waals surface area contributed by atoms with Gasteiger partial charge in [0.15, 0.2) is 0 Å². The van der Waals surface area contributed by atoms with Gasteiger partial charge in [-0.1, -0.05) is 11.6 Å². The lowest BCUT2D eigenvalue weighted by Gasteiger charge is -2.19. The Labute approximate surface area is 131 Å². The molecule has 0 heterocycles. The third-order valence-corrected chi connectivity index (χ3v) is 4.67. The lowest BCUT2D eigenvalue weighted by atomic mass is 9.90. The number of benzene rings is 1. The van der Waals surface area contributed by atoms with E-state index in [9.17, 15) is 9.59 Å². The van der Waals surface area contributed by atoms with E-state index in [2.05, 4.69) is 21.2 Å². The zero-order chi connectivity index (χ0) is 15.5. The maximum absolute atomic E-state index is 12.0. The average Bonchev–Trinajstić information content (AvgIpc) is 2.34. The fourth-order valence-electron chi connectivity index (χ4n) is 1.56. The normalized spacial score (nSPS) is 11.2. The third-order valence-electron chi connectivity index (χ3n) is 3.09. The fourth-order valence-corrected chi connectivity index (χ4v) is 2.05. The Hall–Kier alpha value is -1.07. The number of carbonyl (C=O) groups excluding carboxylic acids is 1. The standard InChI is InChI=1S/C14H17BrClNO3/c1-8-6-9(7-10(16)11(8)15)12(18)17-5-4-14(2,3)13(19)20/h6-7H,4-5H2,1-3H3,(H,17,18)(H,19,20). The molecule has 20 heavy (non-hydrogen) atoms. The van der Waals surface area contributed by atoms with Crippen molar-refractivity contribution in [1.82, 2.24) is 5.32 Å². The van der Waals surface area contributed by atoms with Crippen LogP contribution in [0.4, 0.5) is 0 Å². The van der Waals surface area contributed by atoms with Crippen LogP contribution < -0.4 is 5.32 Å². The topological polar surface area (TPSA) is 66.4 Å². The Morgan fingerprint density at radius 1 is 1.40 bits per heavy atom. The first-order valence-corrected chi connectivity index (χ1v) is 7.29. The number of aryl methyl sites for hydroxylation is 1. The number of halogens is 2. The van der Waals surface area contributed by atoms with Gasteiger partial charge < -0.3 is 10.4 Å². The maximum Gasteiger partial charge on any atom is 0.309 e. The molecule has 0 radical (unpaired) electrons. The number of carbonyl (C=O) groups is 2. The summed E-state index contributed by atoms with van der Waals surface area (Å²) in [6.07, 6.45) is 0.358. The van der Waals surface area contributed by atoms with E-state index in [0.717, 1.165) is 10.0 Å². The first kappa shape index (κ1) is 17.0. The summed E-state index contributed by atoms with van der Waals surface area (Å²) in [6.45, 7) is 5.40. The van der Waals surface area contributed by atoms with E-state index in [1.165, 1.54) is 0 Å². The molecule has 1 amide bonds. The van der Waals surface area contributed by atoms with Gasteiger partial charge >= 0.3 is 5.97 Å². The molecule has 0 fully saturated rings. The first-order chi connectivity index (χ1) is 9.15. The second-order valence-electron chi connectivity index (χ2n) is 5.28. The molecular formula is C14H17BrClNO3. The van der Waals surface area contributed by atoms with Crippen LogP contribution in [0.2, 0.25) is 5.02 Å². The highest BCUT2D eigenvalue weighted by Crippen LogP contribution is 2.27. The van der Waals surface area contributed by atoms with Crippen molar-refractivity contribution in [3.05, 3.63) is 32.8 Å². The van der Waals surface area contributed by atoms with Crippen LogP contribution in [-0.4, -0.2) is 23.5 Å². The van der Waals surface area contributed by atoms with E-state index in [0.29, 0.717) is 23.6 Å². The summed E-state index contributed by atoms with van der Waals surface area (Å²) < 4.78 is 0.766. The summed E-state index contributed by atoms with van der Waals surface area (Å²) in [4.78, 5) is 22.9. The van der Waals surface area contributed by atoms with Crippen molar-refractivity contribution in [2.24, 2.45) is 5.41 Å². The molecule has 4 nitrogen and oxygen atoms in total. The molecule has 0 spiro atoms. The van der Waals surface area contributed by atoms with Gasteiger partial charge in [0.1, 0.15) is 0 Å². The van der Waals surface area contributed by atoms with Gasteiger partial charge in [0.2, 0.25) is 0 Å². The molecule has 0 aliphatic carbocycles. The monoisotopic (exact) mass is 361 g/mol.